The molecule has 0 radical (unpaired) electrons. The van der Waals surface area contributed by atoms with Crippen molar-refractivity contribution in [2.45, 2.75) is 25.4 Å². The van der Waals surface area contributed by atoms with Crippen molar-refractivity contribution in [2.24, 2.45) is 0 Å². The van der Waals surface area contributed by atoms with Crippen molar-refractivity contribution in [3.63, 3.8) is 0 Å². The van der Waals surface area contributed by atoms with Crippen molar-refractivity contribution in [2.75, 3.05) is 20.1 Å². The first-order valence-electron chi connectivity index (χ1n) is 6.01. The number of hydrogen-bond acceptors (Lipinski definition) is 2. The maximum Gasteiger partial charge on any atom is 0.0452 e. The van der Waals surface area contributed by atoms with Crippen molar-refractivity contribution in [3.8, 4) is 0 Å². The molecule has 0 aliphatic carbocycles. The van der Waals surface area contributed by atoms with E-state index in [1.54, 1.807) is 0 Å². The summed E-state index contributed by atoms with van der Waals surface area (Å²) in [5, 5.41) is 4.97. The van der Waals surface area contributed by atoms with Crippen LogP contribution in [0.2, 0.25) is 10.0 Å². The van der Waals surface area contributed by atoms with E-state index in [1.165, 1.54) is 12.8 Å². The van der Waals surface area contributed by atoms with Gasteiger partial charge >= 0.3 is 0 Å². The van der Waals surface area contributed by atoms with Crippen LogP contribution in [0.1, 0.15) is 18.4 Å². The third-order valence-corrected chi connectivity index (χ3v) is 3.93. The van der Waals surface area contributed by atoms with Gasteiger partial charge in [-0.05, 0) is 50.2 Å². The molecule has 0 aromatic heterocycles. The normalized spacial score (nSPS) is 20.8. The van der Waals surface area contributed by atoms with Crippen LogP contribution >= 0.6 is 23.2 Å². The Bertz CT molecular complexity index is 376. The molecule has 94 valence electrons. The maximum atomic E-state index is 6.18. The van der Waals surface area contributed by atoms with Crippen LogP contribution in [-0.2, 0) is 6.54 Å². The molecule has 1 aromatic carbocycles. The monoisotopic (exact) mass is 272 g/mol. The van der Waals surface area contributed by atoms with Crippen molar-refractivity contribution >= 4 is 23.2 Å². The second kappa shape index (κ2) is 6.05. The zero-order valence-corrected chi connectivity index (χ0v) is 11.6. The summed E-state index contributed by atoms with van der Waals surface area (Å²) in [6, 6.07) is 6.25. The van der Waals surface area contributed by atoms with Gasteiger partial charge in [-0.2, -0.15) is 0 Å². The molecule has 0 bridgehead atoms. The Labute approximate surface area is 113 Å². The van der Waals surface area contributed by atoms with E-state index in [-0.39, 0.29) is 0 Å². The first-order valence-corrected chi connectivity index (χ1v) is 6.77. The van der Waals surface area contributed by atoms with Gasteiger partial charge in [0.1, 0.15) is 0 Å². The van der Waals surface area contributed by atoms with Crippen LogP contribution in [0.25, 0.3) is 0 Å². The summed E-state index contributed by atoms with van der Waals surface area (Å²) < 4.78 is 0. The number of benzene rings is 1. The van der Waals surface area contributed by atoms with Gasteiger partial charge in [-0.1, -0.05) is 23.2 Å². The van der Waals surface area contributed by atoms with Crippen LogP contribution in [0.15, 0.2) is 18.2 Å². The molecule has 17 heavy (non-hydrogen) atoms. The second-order valence-electron chi connectivity index (χ2n) is 4.65. The fourth-order valence-electron chi connectivity index (χ4n) is 2.27. The molecule has 1 atom stereocenters. The summed E-state index contributed by atoms with van der Waals surface area (Å²) in [4.78, 5) is 2.35. The summed E-state index contributed by atoms with van der Waals surface area (Å²) in [5.74, 6) is 0. The molecule has 0 unspecified atom stereocenters. The minimum atomic E-state index is 0.596. The van der Waals surface area contributed by atoms with Gasteiger partial charge in [0.15, 0.2) is 0 Å². The first kappa shape index (κ1) is 13.2. The van der Waals surface area contributed by atoms with E-state index >= 15 is 0 Å². The standard InChI is InChI=1S/C13H18Cl2N2/c1-17(12-3-2-6-16-8-12)9-10-7-11(14)4-5-13(10)15/h4-5,7,12,16H,2-3,6,8-9H2,1H3/t12-/m0/s1. The van der Waals surface area contributed by atoms with Crippen molar-refractivity contribution in [3.05, 3.63) is 33.8 Å². The van der Waals surface area contributed by atoms with Gasteiger partial charge in [0.25, 0.3) is 0 Å². The molecule has 1 aliphatic heterocycles. The van der Waals surface area contributed by atoms with Gasteiger partial charge in [-0.3, -0.25) is 4.90 Å². The number of rotatable bonds is 3. The molecule has 1 heterocycles. The smallest absolute Gasteiger partial charge is 0.0452 e. The molecule has 1 aliphatic rings. The van der Waals surface area contributed by atoms with Crippen molar-refractivity contribution in [1.29, 1.82) is 0 Å². The summed E-state index contributed by atoms with van der Waals surface area (Å²) in [6.45, 7) is 3.06. The molecule has 1 aromatic rings. The molecule has 1 saturated heterocycles. The fraction of sp³-hybridized carbons (Fsp3) is 0.538. The zero-order valence-electron chi connectivity index (χ0n) is 10.0. The predicted octanol–water partition coefficient (Wildman–Crippen LogP) is 3.18. The summed E-state index contributed by atoms with van der Waals surface area (Å²) >= 11 is 12.2. The molecular weight excluding hydrogens is 255 g/mol. The van der Waals surface area contributed by atoms with Gasteiger partial charge in [0, 0.05) is 29.2 Å². The third-order valence-electron chi connectivity index (χ3n) is 3.32. The maximum absolute atomic E-state index is 6.18. The van der Waals surface area contributed by atoms with Crippen LogP contribution in [-0.4, -0.2) is 31.1 Å². The SMILES string of the molecule is CN(Cc1cc(Cl)ccc1Cl)[C@H]1CCCNC1. The molecule has 0 spiro atoms. The number of nitrogens with one attached hydrogen (secondary N) is 1. The highest BCUT2D eigenvalue weighted by Gasteiger charge is 2.18. The summed E-state index contributed by atoms with van der Waals surface area (Å²) in [7, 11) is 2.15. The van der Waals surface area contributed by atoms with E-state index in [0.29, 0.717) is 6.04 Å². The average molecular weight is 273 g/mol. The molecule has 0 saturated carbocycles. The van der Waals surface area contributed by atoms with Gasteiger partial charge in [0.2, 0.25) is 0 Å². The lowest BCUT2D eigenvalue weighted by Gasteiger charge is -2.31. The Hall–Kier alpha value is -0.280. The molecule has 2 nitrogen and oxygen atoms in total. The van der Waals surface area contributed by atoms with Crippen molar-refractivity contribution in [1.82, 2.24) is 10.2 Å². The topological polar surface area (TPSA) is 15.3 Å². The number of hydrogen-bond donors (Lipinski definition) is 1. The highest BCUT2D eigenvalue weighted by molar-refractivity contribution is 6.33. The Morgan fingerprint density at radius 3 is 2.94 bits per heavy atom. The molecule has 1 fully saturated rings. The highest BCUT2D eigenvalue weighted by atomic mass is 35.5. The number of piperidine rings is 1. The summed E-state index contributed by atoms with van der Waals surface area (Å²) in [6.07, 6.45) is 2.50. The van der Waals surface area contributed by atoms with Crippen molar-refractivity contribution < 1.29 is 0 Å². The number of halogens is 2. The summed E-state index contributed by atoms with van der Waals surface area (Å²) in [5.41, 5.74) is 1.10. The first-order chi connectivity index (χ1) is 8.16. The van der Waals surface area contributed by atoms with Crippen LogP contribution in [0.3, 0.4) is 0 Å². The molecular formula is C13H18Cl2N2. The zero-order chi connectivity index (χ0) is 12.3. The molecule has 1 N–H and O–H groups in total. The Balaban J connectivity index is 2.01. The van der Waals surface area contributed by atoms with E-state index in [9.17, 15) is 0 Å². The molecule has 0 amide bonds. The van der Waals surface area contributed by atoms with Gasteiger partial charge in [-0.15, -0.1) is 0 Å². The minimum absolute atomic E-state index is 0.596. The van der Waals surface area contributed by atoms with E-state index in [4.69, 9.17) is 23.2 Å². The molecule has 2 rings (SSSR count). The quantitative estimate of drug-likeness (QED) is 0.910. The Kier molecular flexibility index (Phi) is 4.69. The third kappa shape index (κ3) is 3.59. The van der Waals surface area contributed by atoms with E-state index in [1.807, 2.05) is 18.2 Å². The van der Waals surface area contributed by atoms with E-state index in [2.05, 4.69) is 17.3 Å². The lowest BCUT2D eigenvalue weighted by Crippen LogP contribution is -2.43. The lowest BCUT2D eigenvalue weighted by atomic mass is 10.1. The van der Waals surface area contributed by atoms with E-state index < -0.39 is 0 Å². The van der Waals surface area contributed by atoms with E-state index in [0.717, 1.165) is 35.2 Å². The average Bonchev–Trinajstić information content (AvgIpc) is 2.35. The largest absolute Gasteiger partial charge is 0.315 e. The van der Waals surface area contributed by atoms with Crippen LogP contribution < -0.4 is 5.32 Å². The second-order valence-corrected chi connectivity index (χ2v) is 5.49. The molecule has 4 heteroatoms. The van der Waals surface area contributed by atoms with Crippen LogP contribution in [0.5, 0.6) is 0 Å². The van der Waals surface area contributed by atoms with Crippen LogP contribution in [0.4, 0.5) is 0 Å². The lowest BCUT2D eigenvalue weighted by molar-refractivity contribution is 0.196. The van der Waals surface area contributed by atoms with Gasteiger partial charge in [0.05, 0.1) is 0 Å². The predicted molar refractivity (Wildman–Crippen MR) is 73.8 cm³/mol. The fourth-order valence-corrected chi connectivity index (χ4v) is 2.64. The number of likely N-dealkylation sites (N-methyl/N-ethyl adjacent to an activating group) is 1. The van der Waals surface area contributed by atoms with Gasteiger partial charge in [-0.25, -0.2) is 0 Å². The Morgan fingerprint density at radius 2 is 2.24 bits per heavy atom. The highest BCUT2D eigenvalue weighted by Crippen LogP contribution is 2.23. The Morgan fingerprint density at radius 1 is 1.41 bits per heavy atom. The number of nitrogens with zero attached hydrogens (tertiary/aromatic N) is 1. The van der Waals surface area contributed by atoms with Crippen LogP contribution in [0, 0.1) is 0 Å². The minimum Gasteiger partial charge on any atom is -0.315 e. The van der Waals surface area contributed by atoms with Gasteiger partial charge < -0.3 is 5.32 Å².